The highest BCUT2D eigenvalue weighted by atomic mass is 35.5. The number of halogens is 1. The summed E-state index contributed by atoms with van der Waals surface area (Å²) in [4.78, 5) is 0. The summed E-state index contributed by atoms with van der Waals surface area (Å²) in [5.74, 6) is 0.533. The fourth-order valence-corrected chi connectivity index (χ4v) is 2.03. The van der Waals surface area contributed by atoms with Gasteiger partial charge in [0.05, 0.1) is 16.8 Å². The molecular weight excluding hydrogens is 210 g/mol. The first-order valence-electron chi connectivity index (χ1n) is 5.15. The molecule has 4 heteroatoms. The van der Waals surface area contributed by atoms with E-state index in [1.807, 2.05) is 18.2 Å². The average Bonchev–Trinajstić information content (AvgIpc) is 2.53. The van der Waals surface area contributed by atoms with Crippen LogP contribution >= 0.6 is 11.6 Å². The molecule has 1 aliphatic heterocycles. The lowest BCUT2D eigenvalue weighted by Gasteiger charge is -2.17. The van der Waals surface area contributed by atoms with Crippen LogP contribution in [0.4, 0.5) is 5.69 Å². The van der Waals surface area contributed by atoms with Gasteiger partial charge in [-0.15, -0.1) is 0 Å². The van der Waals surface area contributed by atoms with Gasteiger partial charge in [0.15, 0.2) is 0 Å². The van der Waals surface area contributed by atoms with Crippen molar-refractivity contribution in [2.45, 2.75) is 25.9 Å². The summed E-state index contributed by atoms with van der Waals surface area (Å²) in [5.41, 5.74) is 14.1. The lowest BCUT2D eigenvalue weighted by molar-refractivity contribution is 0.476. The van der Waals surface area contributed by atoms with E-state index in [9.17, 15) is 0 Å². The number of nitrogen functional groups attached to an aromatic ring is 1. The van der Waals surface area contributed by atoms with E-state index in [1.165, 1.54) is 5.56 Å². The average molecular weight is 226 g/mol. The number of hydrazine groups is 1. The number of hydrogen-bond acceptors (Lipinski definition) is 3. The van der Waals surface area contributed by atoms with E-state index >= 15 is 0 Å². The summed E-state index contributed by atoms with van der Waals surface area (Å²) in [6.45, 7) is 4.38. The summed E-state index contributed by atoms with van der Waals surface area (Å²) in [6.07, 6.45) is 0. The van der Waals surface area contributed by atoms with Gasteiger partial charge in [-0.05, 0) is 30.5 Å². The van der Waals surface area contributed by atoms with Crippen molar-refractivity contribution in [3.8, 4) is 0 Å². The van der Waals surface area contributed by atoms with Crippen LogP contribution in [0.1, 0.15) is 25.5 Å². The standard InChI is InChI=1S/C11H16ClN3/c1-6-7(2)14-15-11(6)8-3-4-9(12)10(13)5-8/h3-7,11,14-15H,13H2,1-2H3. The van der Waals surface area contributed by atoms with Crippen LogP contribution < -0.4 is 16.6 Å². The van der Waals surface area contributed by atoms with Crippen molar-refractivity contribution in [2.24, 2.45) is 5.92 Å². The largest absolute Gasteiger partial charge is 0.398 e. The molecule has 1 aliphatic rings. The summed E-state index contributed by atoms with van der Waals surface area (Å²) in [6, 6.07) is 6.58. The normalized spacial score (nSPS) is 30.7. The topological polar surface area (TPSA) is 50.1 Å². The summed E-state index contributed by atoms with van der Waals surface area (Å²) >= 11 is 5.89. The molecule has 1 heterocycles. The van der Waals surface area contributed by atoms with E-state index < -0.39 is 0 Å². The Balaban J connectivity index is 2.26. The zero-order valence-electron chi connectivity index (χ0n) is 8.92. The van der Waals surface area contributed by atoms with Gasteiger partial charge in [-0.25, -0.2) is 5.43 Å². The molecule has 3 unspecified atom stereocenters. The van der Waals surface area contributed by atoms with Crippen LogP contribution in [-0.4, -0.2) is 6.04 Å². The molecule has 0 aromatic heterocycles. The Hall–Kier alpha value is -0.770. The monoisotopic (exact) mass is 225 g/mol. The molecule has 0 radical (unpaired) electrons. The van der Waals surface area contributed by atoms with E-state index in [1.54, 1.807) is 0 Å². The Labute approximate surface area is 95.0 Å². The fraction of sp³-hybridized carbons (Fsp3) is 0.455. The molecule has 0 saturated carbocycles. The maximum absolute atomic E-state index is 5.89. The van der Waals surface area contributed by atoms with Crippen LogP contribution in [-0.2, 0) is 0 Å². The van der Waals surface area contributed by atoms with Crippen LogP contribution in [0, 0.1) is 5.92 Å². The van der Waals surface area contributed by atoms with Crippen molar-refractivity contribution >= 4 is 17.3 Å². The van der Waals surface area contributed by atoms with Crippen LogP contribution in [0.2, 0.25) is 5.02 Å². The Morgan fingerprint density at radius 3 is 2.53 bits per heavy atom. The molecule has 3 atom stereocenters. The van der Waals surface area contributed by atoms with Gasteiger partial charge < -0.3 is 5.73 Å². The van der Waals surface area contributed by atoms with Gasteiger partial charge in [0.25, 0.3) is 0 Å². The van der Waals surface area contributed by atoms with Gasteiger partial charge in [0.2, 0.25) is 0 Å². The Morgan fingerprint density at radius 1 is 1.27 bits per heavy atom. The lowest BCUT2D eigenvalue weighted by Crippen LogP contribution is -2.29. The second kappa shape index (κ2) is 4.00. The lowest BCUT2D eigenvalue weighted by atomic mass is 9.92. The molecular formula is C11H16ClN3. The van der Waals surface area contributed by atoms with E-state index in [2.05, 4.69) is 24.7 Å². The third-order valence-electron chi connectivity index (χ3n) is 3.16. The van der Waals surface area contributed by atoms with Gasteiger partial charge >= 0.3 is 0 Å². The van der Waals surface area contributed by atoms with Crippen molar-refractivity contribution < 1.29 is 0 Å². The summed E-state index contributed by atoms with van der Waals surface area (Å²) in [7, 11) is 0. The van der Waals surface area contributed by atoms with E-state index in [0.717, 1.165) is 0 Å². The molecule has 4 N–H and O–H groups in total. The van der Waals surface area contributed by atoms with Crippen molar-refractivity contribution in [1.29, 1.82) is 0 Å². The first kappa shape index (κ1) is 10.7. The number of benzene rings is 1. The van der Waals surface area contributed by atoms with Gasteiger partial charge in [-0.1, -0.05) is 24.6 Å². The number of nitrogens with one attached hydrogen (secondary N) is 2. The second-order valence-corrected chi connectivity index (χ2v) is 4.60. The molecule has 0 amide bonds. The number of rotatable bonds is 1. The Bertz CT molecular complexity index is 367. The molecule has 0 aliphatic carbocycles. The first-order chi connectivity index (χ1) is 7.09. The smallest absolute Gasteiger partial charge is 0.0635 e. The molecule has 2 rings (SSSR count). The van der Waals surface area contributed by atoms with Crippen molar-refractivity contribution in [2.75, 3.05) is 5.73 Å². The zero-order valence-corrected chi connectivity index (χ0v) is 9.68. The quantitative estimate of drug-likeness (QED) is 0.642. The second-order valence-electron chi connectivity index (χ2n) is 4.20. The van der Waals surface area contributed by atoms with Gasteiger partial charge in [0.1, 0.15) is 0 Å². The third-order valence-corrected chi connectivity index (χ3v) is 3.50. The zero-order chi connectivity index (χ0) is 11.0. The van der Waals surface area contributed by atoms with Gasteiger partial charge in [-0.2, -0.15) is 0 Å². The number of nitrogens with two attached hydrogens (primary N) is 1. The maximum atomic E-state index is 5.89. The number of anilines is 1. The fourth-order valence-electron chi connectivity index (χ4n) is 1.92. The molecule has 0 bridgehead atoms. The highest BCUT2D eigenvalue weighted by Gasteiger charge is 2.30. The minimum Gasteiger partial charge on any atom is -0.398 e. The van der Waals surface area contributed by atoms with E-state index in [0.29, 0.717) is 28.7 Å². The molecule has 1 aromatic carbocycles. The van der Waals surface area contributed by atoms with Crippen molar-refractivity contribution in [3.63, 3.8) is 0 Å². The number of hydrogen-bond donors (Lipinski definition) is 3. The van der Waals surface area contributed by atoms with Gasteiger partial charge in [0, 0.05) is 6.04 Å². The third kappa shape index (κ3) is 1.95. The maximum Gasteiger partial charge on any atom is 0.0635 e. The predicted molar refractivity (Wildman–Crippen MR) is 63.5 cm³/mol. The van der Waals surface area contributed by atoms with Crippen LogP contribution in [0.3, 0.4) is 0 Å². The highest BCUT2D eigenvalue weighted by Crippen LogP contribution is 2.31. The SMILES string of the molecule is CC1NNC(c2ccc(Cl)c(N)c2)C1C. The highest BCUT2D eigenvalue weighted by molar-refractivity contribution is 6.33. The molecule has 0 spiro atoms. The predicted octanol–water partition coefficient (Wildman–Crippen LogP) is 2.10. The molecule has 82 valence electrons. The van der Waals surface area contributed by atoms with E-state index in [4.69, 9.17) is 17.3 Å². The van der Waals surface area contributed by atoms with Crippen molar-refractivity contribution in [3.05, 3.63) is 28.8 Å². The summed E-state index contributed by atoms with van der Waals surface area (Å²) in [5, 5.41) is 0.616. The Morgan fingerprint density at radius 2 is 2.00 bits per heavy atom. The Kier molecular flexibility index (Phi) is 2.87. The van der Waals surface area contributed by atoms with Crippen LogP contribution in [0.25, 0.3) is 0 Å². The van der Waals surface area contributed by atoms with Crippen LogP contribution in [0.5, 0.6) is 0 Å². The molecule has 1 saturated heterocycles. The molecule has 3 nitrogen and oxygen atoms in total. The minimum absolute atomic E-state index is 0.305. The van der Waals surface area contributed by atoms with Crippen LogP contribution in [0.15, 0.2) is 18.2 Å². The molecule has 1 aromatic rings. The van der Waals surface area contributed by atoms with E-state index in [-0.39, 0.29) is 0 Å². The van der Waals surface area contributed by atoms with Crippen molar-refractivity contribution in [1.82, 2.24) is 10.9 Å². The molecule has 15 heavy (non-hydrogen) atoms. The first-order valence-corrected chi connectivity index (χ1v) is 5.53. The molecule has 1 fully saturated rings. The minimum atomic E-state index is 0.305. The van der Waals surface area contributed by atoms with Gasteiger partial charge in [-0.3, -0.25) is 5.43 Å². The summed E-state index contributed by atoms with van der Waals surface area (Å²) < 4.78 is 0.